The van der Waals surface area contributed by atoms with E-state index in [0.717, 1.165) is 19.0 Å². The van der Waals surface area contributed by atoms with E-state index >= 15 is 0 Å². The quantitative estimate of drug-likeness (QED) is 0.555. The summed E-state index contributed by atoms with van der Waals surface area (Å²) < 4.78 is 0. The normalized spacial score (nSPS) is 37.1. The van der Waals surface area contributed by atoms with Gasteiger partial charge in [-0.3, -0.25) is 0 Å². The van der Waals surface area contributed by atoms with Crippen LogP contribution in [0.25, 0.3) is 0 Å². The molecule has 0 saturated heterocycles. The number of thiocarbonyl (C=S) groups is 2. The Morgan fingerprint density at radius 1 is 1.20 bits per heavy atom. The van der Waals surface area contributed by atoms with Gasteiger partial charge in [0.15, 0.2) is 0 Å². The third kappa shape index (κ3) is 2.24. The molecule has 2 saturated carbocycles. The van der Waals surface area contributed by atoms with Crippen LogP contribution in [0.15, 0.2) is 9.98 Å². The van der Waals surface area contributed by atoms with Crippen LogP contribution >= 0.6 is 24.4 Å². The Bertz CT molecular complexity index is 342. The highest BCUT2D eigenvalue weighted by Gasteiger charge is 2.49. The van der Waals surface area contributed by atoms with Gasteiger partial charge in [-0.25, -0.2) is 9.98 Å². The number of nitrogens with zero attached hydrogens (tertiary/aromatic N) is 2. The van der Waals surface area contributed by atoms with Crippen molar-refractivity contribution in [3.05, 3.63) is 0 Å². The van der Waals surface area contributed by atoms with Crippen molar-refractivity contribution in [3.8, 4) is 0 Å². The molecule has 80 valence electrons. The minimum Gasteiger partial charge on any atom is -0.232 e. The number of hydrogen-bond acceptors (Lipinski definition) is 4. The lowest BCUT2D eigenvalue weighted by Crippen LogP contribution is -2.22. The molecular formula is C11H14N2S2. The van der Waals surface area contributed by atoms with Gasteiger partial charge in [0.25, 0.3) is 0 Å². The van der Waals surface area contributed by atoms with Gasteiger partial charge in [0.05, 0.1) is 23.4 Å². The lowest BCUT2D eigenvalue weighted by molar-refractivity contribution is 0.258. The Balaban J connectivity index is 2.01. The lowest BCUT2D eigenvalue weighted by Gasteiger charge is -2.27. The van der Waals surface area contributed by atoms with E-state index in [1.165, 1.54) is 25.7 Å². The summed E-state index contributed by atoms with van der Waals surface area (Å²) >= 11 is 9.25. The Hall–Kier alpha value is -0.400. The van der Waals surface area contributed by atoms with Gasteiger partial charge in [-0.1, -0.05) is 0 Å². The second-order valence-corrected chi connectivity index (χ2v) is 5.17. The van der Waals surface area contributed by atoms with Gasteiger partial charge in [0.1, 0.15) is 0 Å². The summed E-state index contributed by atoms with van der Waals surface area (Å²) in [5, 5.41) is 4.95. The van der Waals surface area contributed by atoms with Crippen LogP contribution in [0.2, 0.25) is 0 Å². The minimum absolute atomic E-state index is 0.415. The summed E-state index contributed by atoms with van der Waals surface area (Å²) in [7, 11) is 0. The molecule has 2 aliphatic rings. The first-order chi connectivity index (χ1) is 7.29. The molecule has 0 spiro atoms. The molecule has 15 heavy (non-hydrogen) atoms. The summed E-state index contributed by atoms with van der Waals surface area (Å²) in [6, 6.07) is 0. The first-order valence-electron chi connectivity index (χ1n) is 5.37. The van der Waals surface area contributed by atoms with Crippen LogP contribution < -0.4 is 0 Å². The van der Waals surface area contributed by atoms with Gasteiger partial charge in [-0.2, -0.15) is 0 Å². The van der Waals surface area contributed by atoms with Gasteiger partial charge in [-0.05, 0) is 67.4 Å². The van der Waals surface area contributed by atoms with Crippen molar-refractivity contribution in [2.75, 3.05) is 13.1 Å². The third-order valence-corrected chi connectivity index (χ3v) is 4.23. The first-order valence-corrected chi connectivity index (χ1v) is 6.18. The molecule has 0 aromatic rings. The summed E-state index contributed by atoms with van der Waals surface area (Å²) in [4.78, 5) is 8.22. The van der Waals surface area contributed by atoms with Crippen LogP contribution in [0, 0.1) is 17.3 Å². The first kappa shape index (κ1) is 11.1. The third-order valence-electron chi connectivity index (χ3n) is 3.97. The molecule has 0 aliphatic heterocycles. The molecule has 3 unspecified atom stereocenters. The van der Waals surface area contributed by atoms with Crippen molar-refractivity contribution in [1.29, 1.82) is 0 Å². The predicted molar refractivity (Wildman–Crippen MR) is 67.7 cm³/mol. The molecule has 4 heteroatoms. The van der Waals surface area contributed by atoms with Crippen LogP contribution in [0.4, 0.5) is 0 Å². The summed E-state index contributed by atoms with van der Waals surface area (Å²) in [5.41, 5.74) is 0.415. The number of fused-ring (bicyclic) bond motifs is 2. The topological polar surface area (TPSA) is 24.7 Å². The van der Waals surface area contributed by atoms with Gasteiger partial charge in [-0.15, -0.1) is 0 Å². The highest BCUT2D eigenvalue weighted by atomic mass is 32.1. The second-order valence-electron chi connectivity index (χ2n) is 4.81. The van der Waals surface area contributed by atoms with E-state index in [0.29, 0.717) is 11.3 Å². The van der Waals surface area contributed by atoms with E-state index in [1.807, 2.05) is 0 Å². The number of aliphatic imine (C=N–C) groups is 2. The Kier molecular flexibility index (Phi) is 3.42. The van der Waals surface area contributed by atoms with Crippen LogP contribution in [0.1, 0.15) is 25.7 Å². The monoisotopic (exact) mass is 238 g/mol. The molecule has 0 aromatic carbocycles. The average Bonchev–Trinajstić information content (AvgIpc) is 2.81. The summed E-state index contributed by atoms with van der Waals surface area (Å²) in [5.74, 6) is 1.53. The molecule has 0 radical (unpaired) electrons. The molecule has 0 aromatic heterocycles. The maximum absolute atomic E-state index is 4.64. The Morgan fingerprint density at radius 3 is 2.73 bits per heavy atom. The molecule has 2 nitrogen and oxygen atoms in total. The molecule has 0 N–H and O–H groups in total. The maximum Gasteiger partial charge on any atom is 0.0585 e. The van der Waals surface area contributed by atoms with Gasteiger partial charge < -0.3 is 0 Å². The minimum atomic E-state index is 0.415. The fourth-order valence-electron chi connectivity index (χ4n) is 3.34. The highest BCUT2D eigenvalue weighted by molar-refractivity contribution is 7.78. The second kappa shape index (κ2) is 4.63. The fraction of sp³-hybridized carbons (Fsp3) is 0.818. The van der Waals surface area contributed by atoms with Gasteiger partial charge in [0, 0.05) is 0 Å². The largest absolute Gasteiger partial charge is 0.232 e. The van der Waals surface area contributed by atoms with E-state index in [2.05, 4.69) is 44.7 Å². The number of rotatable bonds is 4. The van der Waals surface area contributed by atoms with Crippen LogP contribution in [0.3, 0.4) is 0 Å². The zero-order chi connectivity index (χ0) is 10.7. The smallest absolute Gasteiger partial charge is 0.0585 e. The van der Waals surface area contributed by atoms with Crippen LogP contribution in [-0.2, 0) is 0 Å². The van der Waals surface area contributed by atoms with Crippen molar-refractivity contribution in [1.82, 2.24) is 0 Å². The van der Waals surface area contributed by atoms with Crippen molar-refractivity contribution in [2.24, 2.45) is 27.2 Å². The zero-order valence-corrected chi connectivity index (χ0v) is 10.2. The van der Waals surface area contributed by atoms with Crippen molar-refractivity contribution in [3.63, 3.8) is 0 Å². The van der Waals surface area contributed by atoms with Crippen molar-refractivity contribution < 1.29 is 0 Å². The van der Waals surface area contributed by atoms with Crippen LogP contribution in [-0.4, -0.2) is 23.4 Å². The summed E-state index contributed by atoms with van der Waals surface area (Å²) in [6.07, 6.45) is 5.16. The number of hydrogen-bond donors (Lipinski definition) is 0. The standard InChI is InChI=1S/C11H14N2S2/c14-7-12-5-10-4-11(6-13-8-15)2-1-9(10)3-11/h9-10H,1-6H2. The molecular weight excluding hydrogens is 224 g/mol. The van der Waals surface area contributed by atoms with Crippen molar-refractivity contribution in [2.45, 2.75) is 25.7 Å². The molecule has 2 fully saturated rings. The van der Waals surface area contributed by atoms with E-state index in [1.54, 1.807) is 0 Å². The SMILES string of the molecule is S=C=NCC1CC2(CN=C=S)CCC1C2. The van der Waals surface area contributed by atoms with E-state index < -0.39 is 0 Å². The highest BCUT2D eigenvalue weighted by Crippen LogP contribution is 2.57. The lowest BCUT2D eigenvalue weighted by atomic mass is 9.80. The zero-order valence-electron chi connectivity index (χ0n) is 8.61. The molecule has 0 heterocycles. The summed E-state index contributed by atoms with van der Waals surface area (Å²) in [6.45, 7) is 1.72. The van der Waals surface area contributed by atoms with E-state index in [-0.39, 0.29) is 0 Å². The fourth-order valence-corrected chi connectivity index (χ4v) is 3.48. The molecule has 2 rings (SSSR count). The Labute approximate surface area is 101 Å². The van der Waals surface area contributed by atoms with E-state index in [4.69, 9.17) is 0 Å². The predicted octanol–water partition coefficient (Wildman–Crippen LogP) is 3.00. The molecule has 0 amide bonds. The molecule has 2 bridgehead atoms. The maximum atomic E-state index is 4.64. The number of isothiocyanates is 2. The molecule has 2 aliphatic carbocycles. The average molecular weight is 238 g/mol. The van der Waals surface area contributed by atoms with Gasteiger partial charge >= 0.3 is 0 Å². The van der Waals surface area contributed by atoms with E-state index in [9.17, 15) is 0 Å². The van der Waals surface area contributed by atoms with Crippen molar-refractivity contribution >= 4 is 34.8 Å². The Morgan fingerprint density at radius 2 is 2.00 bits per heavy atom. The van der Waals surface area contributed by atoms with Crippen LogP contribution in [0.5, 0.6) is 0 Å². The molecule has 3 atom stereocenters. The van der Waals surface area contributed by atoms with Gasteiger partial charge in [0.2, 0.25) is 0 Å².